The quantitative estimate of drug-likeness (QED) is 0.672. The topological polar surface area (TPSA) is 77.7 Å². The van der Waals surface area contributed by atoms with Crippen molar-refractivity contribution in [3.8, 4) is 23.0 Å². The zero-order chi connectivity index (χ0) is 20.3. The molecule has 152 valence electrons. The average Bonchev–Trinajstić information content (AvgIpc) is 3.15. The van der Waals surface area contributed by atoms with Crippen molar-refractivity contribution in [3.63, 3.8) is 0 Å². The van der Waals surface area contributed by atoms with Gasteiger partial charge in [0, 0.05) is 17.6 Å². The number of piperidine rings is 1. The first kappa shape index (κ1) is 20.5. The van der Waals surface area contributed by atoms with Gasteiger partial charge >= 0.3 is 0 Å². The lowest BCUT2D eigenvalue weighted by atomic mass is 9.97. The molecule has 0 N–H and O–H groups in total. The summed E-state index contributed by atoms with van der Waals surface area (Å²) in [6.07, 6.45) is 3.28. The van der Waals surface area contributed by atoms with Gasteiger partial charge in [-0.2, -0.15) is 0 Å². The van der Waals surface area contributed by atoms with Crippen LogP contribution >= 0.6 is 11.8 Å². The molecule has 3 rings (SSSR count). The zero-order valence-corrected chi connectivity index (χ0v) is 17.8. The van der Waals surface area contributed by atoms with Gasteiger partial charge in [-0.05, 0) is 58.2 Å². The number of benzene rings is 1. The van der Waals surface area contributed by atoms with Crippen LogP contribution in [0.4, 0.5) is 0 Å². The fourth-order valence-electron chi connectivity index (χ4n) is 3.61. The molecule has 1 aromatic heterocycles. The highest BCUT2D eigenvalue weighted by atomic mass is 32.2. The first-order valence-electron chi connectivity index (χ1n) is 9.49. The van der Waals surface area contributed by atoms with Crippen LogP contribution in [-0.2, 0) is 4.79 Å². The Morgan fingerprint density at radius 2 is 1.86 bits per heavy atom. The van der Waals surface area contributed by atoms with Gasteiger partial charge in [0.05, 0.1) is 19.5 Å². The number of ether oxygens (including phenoxy) is 2. The number of methoxy groups -OCH3 is 2. The van der Waals surface area contributed by atoms with E-state index in [0.717, 1.165) is 18.4 Å². The molecule has 2 aromatic rings. The van der Waals surface area contributed by atoms with E-state index in [1.807, 2.05) is 17.9 Å². The Labute approximate surface area is 169 Å². The maximum absolute atomic E-state index is 12.9. The lowest BCUT2D eigenvalue weighted by Crippen LogP contribution is -2.50. The van der Waals surface area contributed by atoms with Gasteiger partial charge in [-0.15, -0.1) is 10.2 Å². The molecular weight excluding hydrogens is 378 g/mol. The van der Waals surface area contributed by atoms with Crippen LogP contribution in [0.5, 0.6) is 11.5 Å². The highest BCUT2D eigenvalue weighted by molar-refractivity contribution is 8.00. The van der Waals surface area contributed by atoms with Crippen LogP contribution in [0.2, 0.25) is 0 Å². The molecule has 0 radical (unpaired) electrons. The van der Waals surface area contributed by atoms with Crippen LogP contribution in [0.3, 0.4) is 0 Å². The van der Waals surface area contributed by atoms with E-state index in [0.29, 0.717) is 22.6 Å². The van der Waals surface area contributed by atoms with Crippen LogP contribution < -0.4 is 9.47 Å². The second kappa shape index (κ2) is 8.86. The predicted molar refractivity (Wildman–Crippen MR) is 108 cm³/mol. The summed E-state index contributed by atoms with van der Waals surface area (Å²) in [7, 11) is 3.16. The lowest BCUT2D eigenvalue weighted by molar-refractivity contribution is -0.136. The molecule has 3 atom stereocenters. The van der Waals surface area contributed by atoms with E-state index < -0.39 is 0 Å². The molecule has 0 unspecified atom stereocenters. The minimum absolute atomic E-state index is 0.121. The van der Waals surface area contributed by atoms with Crippen molar-refractivity contribution in [3.05, 3.63) is 18.2 Å². The van der Waals surface area contributed by atoms with E-state index in [2.05, 4.69) is 24.0 Å². The molecule has 0 bridgehead atoms. The van der Waals surface area contributed by atoms with Crippen molar-refractivity contribution in [2.45, 2.75) is 62.6 Å². The Bertz CT molecular complexity index is 816. The summed E-state index contributed by atoms with van der Waals surface area (Å²) in [5.41, 5.74) is 0.731. The van der Waals surface area contributed by atoms with Crippen LogP contribution in [0.1, 0.15) is 40.0 Å². The molecule has 28 heavy (non-hydrogen) atoms. The molecule has 2 heterocycles. The first-order chi connectivity index (χ1) is 13.4. The molecule has 0 spiro atoms. The van der Waals surface area contributed by atoms with Gasteiger partial charge in [-0.25, -0.2) is 0 Å². The largest absolute Gasteiger partial charge is 0.493 e. The van der Waals surface area contributed by atoms with Crippen LogP contribution in [-0.4, -0.2) is 52.6 Å². The Balaban J connectivity index is 1.71. The number of likely N-dealkylation sites (tertiary alicyclic amines) is 1. The molecular formula is C20H27N3O4S. The van der Waals surface area contributed by atoms with Crippen molar-refractivity contribution in [2.24, 2.45) is 0 Å². The number of carbonyl (C=O) groups is 1. The van der Waals surface area contributed by atoms with E-state index in [1.54, 1.807) is 26.4 Å². The molecule has 1 aliphatic rings. The maximum Gasteiger partial charge on any atom is 0.277 e. The van der Waals surface area contributed by atoms with Gasteiger partial charge in [0.15, 0.2) is 11.5 Å². The van der Waals surface area contributed by atoms with Crippen molar-refractivity contribution in [1.82, 2.24) is 15.1 Å². The third-order valence-electron chi connectivity index (χ3n) is 5.11. The molecule has 0 aliphatic carbocycles. The fraction of sp³-hybridized carbons (Fsp3) is 0.550. The van der Waals surface area contributed by atoms with E-state index in [1.165, 1.54) is 18.2 Å². The second-order valence-corrected chi connectivity index (χ2v) is 8.37. The monoisotopic (exact) mass is 405 g/mol. The average molecular weight is 406 g/mol. The summed E-state index contributed by atoms with van der Waals surface area (Å²) < 4.78 is 16.3. The minimum atomic E-state index is -0.290. The van der Waals surface area contributed by atoms with Crippen LogP contribution in [0.15, 0.2) is 27.8 Å². The van der Waals surface area contributed by atoms with Crippen LogP contribution in [0.25, 0.3) is 11.5 Å². The summed E-state index contributed by atoms with van der Waals surface area (Å²) in [5.74, 6) is 1.71. The number of hydrogen-bond donors (Lipinski definition) is 0. The molecule has 1 fully saturated rings. The SMILES string of the molecule is COc1ccc(-c2nnc(S[C@H](C)C(=O)N3[C@H](C)CCC[C@H]3C)o2)cc1OC. The van der Waals surface area contributed by atoms with Crippen molar-refractivity contribution >= 4 is 17.7 Å². The molecule has 1 amide bonds. The standard InChI is InChI=1S/C20H27N3O4S/c1-12-7-6-8-13(2)23(12)19(24)14(3)28-20-22-21-18(27-20)15-9-10-16(25-4)17(11-15)26-5/h9-14H,6-8H2,1-5H3/t12-,13-,14-/m1/s1. The second-order valence-electron chi connectivity index (χ2n) is 7.08. The molecule has 1 aromatic carbocycles. The van der Waals surface area contributed by atoms with Crippen molar-refractivity contribution in [1.29, 1.82) is 0 Å². The summed E-state index contributed by atoms with van der Waals surface area (Å²) in [5, 5.41) is 8.30. The smallest absolute Gasteiger partial charge is 0.277 e. The summed E-state index contributed by atoms with van der Waals surface area (Å²) in [6.45, 7) is 6.13. The van der Waals surface area contributed by atoms with Gasteiger partial charge in [0.25, 0.3) is 5.22 Å². The number of amides is 1. The fourth-order valence-corrected chi connectivity index (χ4v) is 4.35. The summed E-state index contributed by atoms with van der Waals surface area (Å²) >= 11 is 1.30. The minimum Gasteiger partial charge on any atom is -0.493 e. The third kappa shape index (κ3) is 4.27. The van der Waals surface area contributed by atoms with Gasteiger partial charge < -0.3 is 18.8 Å². The summed E-state index contributed by atoms with van der Waals surface area (Å²) in [6, 6.07) is 5.94. The highest BCUT2D eigenvalue weighted by Gasteiger charge is 2.32. The Kier molecular flexibility index (Phi) is 6.49. The Morgan fingerprint density at radius 3 is 2.50 bits per heavy atom. The molecule has 1 saturated heterocycles. The van der Waals surface area contributed by atoms with Crippen molar-refractivity contribution < 1.29 is 18.7 Å². The Morgan fingerprint density at radius 1 is 1.18 bits per heavy atom. The number of nitrogens with zero attached hydrogens (tertiary/aromatic N) is 3. The normalized spacial score (nSPS) is 20.7. The lowest BCUT2D eigenvalue weighted by Gasteiger charge is -2.40. The number of carbonyl (C=O) groups excluding carboxylic acids is 1. The number of aromatic nitrogens is 2. The van der Waals surface area contributed by atoms with Gasteiger partial charge in [-0.1, -0.05) is 11.8 Å². The zero-order valence-electron chi connectivity index (χ0n) is 17.0. The molecule has 8 heteroatoms. The van der Waals surface area contributed by atoms with Crippen LogP contribution in [0, 0.1) is 0 Å². The Hall–Kier alpha value is -2.22. The number of rotatable bonds is 6. The number of thioether (sulfide) groups is 1. The predicted octanol–water partition coefficient (Wildman–Crippen LogP) is 4.02. The maximum atomic E-state index is 12.9. The van der Waals surface area contributed by atoms with Gasteiger partial charge in [-0.3, -0.25) is 4.79 Å². The third-order valence-corrected chi connectivity index (χ3v) is 6.03. The van der Waals surface area contributed by atoms with E-state index in [4.69, 9.17) is 13.9 Å². The van der Waals surface area contributed by atoms with Crippen molar-refractivity contribution in [2.75, 3.05) is 14.2 Å². The molecule has 1 aliphatic heterocycles. The van der Waals surface area contributed by atoms with E-state index >= 15 is 0 Å². The van der Waals surface area contributed by atoms with Gasteiger partial charge in [0.2, 0.25) is 11.8 Å². The van der Waals surface area contributed by atoms with E-state index in [9.17, 15) is 4.79 Å². The van der Waals surface area contributed by atoms with E-state index in [-0.39, 0.29) is 23.2 Å². The highest BCUT2D eigenvalue weighted by Crippen LogP contribution is 2.34. The van der Waals surface area contributed by atoms with Gasteiger partial charge in [0.1, 0.15) is 0 Å². The molecule has 0 saturated carbocycles. The molecule has 7 nitrogen and oxygen atoms in total. The first-order valence-corrected chi connectivity index (χ1v) is 10.4. The number of hydrogen-bond acceptors (Lipinski definition) is 7. The summed E-state index contributed by atoms with van der Waals surface area (Å²) in [4.78, 5) is 14.9.